The third-order valence-electron chi connectivity index (χ3n) is 4.68. The van der Waals surface area contributed by atoms with Crippen molar-refractivity contribution in [1.82, 2.24) is 9.55 Å². The maximum Gasteiger partial charge on any atom is 0.0951 e. The topological polar surface area (TPSA) is 17.8 Å². The van der Waals surface area contributed by atoms with Crippen molar-refractivity contribution in [3.63, 3.8) is 0 Å². The van der Waals surface area contributed by atoms with Crippen LogP contribution in [-0.2, 0) is 0 Å². The first kappa shape index (κ1) is 19.3. The van der Waals surface area contributed by atoms with Crippen molar-refractivity contribution in [3.05, 3.63) is 18.2 Å². The Labute approximate surface area is 138 Å². The van der Waals surface area contributed by atoms with Gasteiger partial charge in [0, 0.05) is 12.2 Å². The van der Waals surface area contributed by atoms with Crippen molar-refractivity contribution in [2.24, 2.45) is 0 Å². The summed E-state index contributed by atoms with van der Waals surface area (Å²) in [7, 11) is 0. The maximum atomic E-state index is 4.43. The van der Waals surface area contributed by atoms with Crippen LogP contribution in [0.1, 0.15) is 109 Å². The number of aryl methyl sites for hydroxylation is 1. The van der Waals surface area contributed by atoms with E-state index in [2.05, 4.69) is 36.5 Å². The van der Waals surface area contributed by atoms with E-state index < -0.39 is 0 Å². The van der Waals surface area contributed by atoms with Crippen molar-refractivity contribution in [2.75, 3.05) is 0 Å². The lowest BCUT2D eigenvalue weighted by Crippen LogP contribution is -2.07. The Morgan fingerprint density at radius 3 is 1.77 bits per heavy atom. The van der Waals surface area contributed by atoms with E-state index in [1.807, 2.05) is 6.33 Å². The van der Waals surface area contributed by atoms with E-state index in [-0.39, 0.29) is 0 Å². The highest BCUT2D eigenvalue weighted by molar-refractivity contribution is 4.94. The van der Waals surface area contributed by atoms with Crippen LogP contribution < -0.4 is 0 Å². The van der Waals surface area contributed by atoms with Crippen LogP contribution in [0.4, 0.5) is 0 Å². The summed E-state index contributed by atoms with van der Waals surface area (Å²) in [6.45, 7) is 6.67. The summed E-state index contributed by atoms with van der Waals surface area (Å²) >= 11 is 0. The predicted octanol–water partition coefficient (Wildman–Crippen LogP) is 6.84. The molecule has 1 unspecified atom stereocenters. The fourth-order valence-electron chi connectivity index (χ4n) is 3.23. The molecule has 128 valence electrons. The summed E-state index contributed by atoms with van der Waals surface area (Å²) in [5.41, 5.74) is 1.15. The van der Waals surface area contributed by atoms with Gasteiger partial charge < -0.3 is 4.57 Å². The van der Waals surface area contributed by atoms with Crippen molar-refractivity contribution in [3.8, 4) is 0 Å². The second-order valence-electron chi connectivity index (χ2n) is 6.88. The molecule has 22 heavy (non-hydrogen) atoms. The Hall–Kier alpha value is -0.790. The van der Waals surface area contributed by atoms with E-state index >= 15 is 0 Å². The summed E-state index contributed by atoms with van der Waals surface area (Å²) in [6, 6.07) is 0.675. The Kier molecular flexibility index (Phi) is 11.1. The van der Waals surface area contributed by atoms with Gasteiger partial charge in [0.2, 0.25) is 0 Å². The van der Waals surface area contributed by atoms with Crippen LogP contribution in [0, 0.1) is 6.92 Å². The molecule has 1 atom stereocenters. The molecular weight excluding hydrogens is 268 g/mol. The van der Waals surface area contributed by atoms with Crippen molar-refractivity contribution in [2.45, 2.75) is 110 Å². The molecule has 0 bridgehead atoms. The Balaban J connectivity index is 2.28. The molecule has 2 nitrogen and oxygen atoms in total. The van der Waals surface area contributed by atoms with Gasteiger partial charge in [-0.25, -0.2) is 4.98 Å². The summed E-state index contributed by atoms with van der Waals surface area (Å²) in [4.78, 5) is 4.43. The van der Waals surface area contributed by atoms with Crippen molar-refractivity contribution < 1.29 is 0 Å². The molecule has 1 aromatic rings. The highest BCUT2D eigenvalue weighted by Gasteiger charge is 2.10. The second kappa shape index (κ2) is 12.7. The van der Waals surface area contributed by atoms with Crippen LogP contribution in [0.3, 0.4) is 0 Å². The number of hydrogen-bond donors (Lipinski definition) is 0. The summed E-state index contributed by atoms with van der Waals surface area (Å²) < 4.78 is 2.38. The van der Waals surface area contributed by atoms with Gasteiger partial charge in [-0.15, -0.1) is 0 Å². The van der Waals surface area contributed by atoms with E-state index in [9.17, 15) is 0 Å². The average Bonchev–Trinajstić information content (AvgIpc) is 2.94. The zero-order chi connectivity index (χ0) is 16.0. The van der Waals surface area contributed by atoms with Gasteiger partial charge in [0.05, 0.1) is 12.0 Å². The van der Waals surface area contributed by atoms with Crippen molar-refractivity contribution >= 4 is 0 Å². The van der Waals surface area contributed by atoms with Gasteiger partial charge in [0.15, 0.2) is 0 Å². The van der Waals surface area contributed by atoms with Gasteiger partial charge in [0.25, 0.3) is 0 Å². The molecule has 0 radical (unpaired) electrons. The van der Waals surface area contributed by atoms with E-state index in [1.165, 1.54) is 83.5 Å². The number of imidazole rings is 1. The fraction of sp³-hybridized carbons (Fsp3) is 0.850. The molecule has 1 aromatic heterocycles. The quantitative estimate of drug-likeness (QED) is 0.344. The third-order valence-corrected chi connectivity index (χ3v) is 4.68. The molecule has 0 N–H and O–H groups in total. The Bertz CT molecular complexity index is 356. The largest absolute Gasteiger partial charge is 0.334 e. The van der Waals surface area contributed by atoms with E-state index in [4.69, 9.17) is 0 Å². The van der Waals surface area contributed by atoms with Crippen LogP contribution in [0.5, 0.6) is 0 Å². The van der Waals surface area contributed by atoms with Gasteiger partial charge in [-0.1, -0.05) is 84.5 Å². The minimum atomic E-state index is 0.675. The van der Waals surface area contributed by atoms with Gasteiger partial charge >= 0.3 is 0 Å². The first-order chi connectivity index (χ1) is 10.8. The third kappa shape index (κ3) is 8.60. The zero-order valence-electron chi connectivity index (χ0n) is 15.3. The molecule has 0 saturated heterocycles. The zero-order valence-corrected chi connectivity index (χ0v) is 15.3. The molecular formula is C20H38N2. The first-order valence-electron chi connectivity index (χ1n) is 9.78. The maximum absolute atomic E-state index is 4.43. The molecule has 1 heterocycles. The monoisotopic (exact) mass is 306 g/mol. The second-order valence-corrected chi connectivity index (χ2v) is 6.88. The number of rotatable bonds is 14. The van der Waals surface area contributed by atoms with Gasteiger partial charge in [-0.05, 0) is 19.8 Å². The van der Waals surface area contributed by atoms with Gasteiger partial charge in [-0.2, -0.15) is 0 Å². The minimum absolute atomic E-state index is 0.675. The molecule has 0 saturated carbocycles. The average molecular weight is 307 g/mol. The molecule has 0 fully saturated rings. The van der Waals surface area contributed by atoms with Crippen LogP contribution in [0.25, 0.3) is 0 Å². The van der Waals surface area contributed by atoms with E-state index in [0.29, 0.717) is 6.04 Å². The summed E-state index contributed by atoms with van der Waals surface area (Å²) in [5.74, 6) is 0. The Morgan fingerprint density at radius 2 is 1.32 bits per heavy atom. The highest BCUT2D eigenvalue weighted by Crippen LogP contribution is 2.23. The minimum Gasteiger partial charge on any atom is -0.334 e. The lowest BCUT2D eigenvalue weighted by Gasteiger charge is -2.18. The molecule has 0 spiro atoms. The van der Waals surface area contributed by atoms with Gasteiger partial charge in [-0.3, -0.25) is 0 Å². The molecule has 0 aliphatic carbocycles. The number of nitrogens with zero attached hydrogens (tertiary/aromatic N) is 2. The molecule has 0 amide bonds. The summed E-state index contributed by atoms with van der Waals surface area (Å²) in [5, 5.41) is 0. The smallest absolute Gasteiger partial charge is 0.0951 e. The van der Waals surface area contributed by atoms with E-state index in [0.717, 1.165) is 5.69 Å². The molecule has 0 aliphatic rings. The number of unbranched alkanes of at least 4 members (excludes halogenated alkanes) is 9. The molecule has 0 aliphatic heterocycles. The lowest BCUT2D eigenvalue weighted by atomic mass is 10.00. The van der Waals surface area contributed by atoms with Crippen LogP contribution in [0.2, 0.25) is 0 Å². The number of hydrogen-bond acceptors (Lipinski definition) is 1. The van der Waals surface area contributed by atoms with Crippen LogP contribution in [0.15, 0.2) is 12.5 Å². The predicted molar refractivity (Wildman–Crippen MR) is 97.4 cm³/mol. The lowest BCUT2D eigenvalue weighted by molar-refractivity contribution is 0.394. The van der Waals surface area contributed by atoms with Gasteiger partial charge in [0.1, 0.15) is 0 Å². The Morgan fingerprint density at radius 1 is 0.818 bits per heavy atom. The van der Waals surface area contributed by atoms with Crippen LogP contribution >= 0.6 is 0 Å². The van der Waals surface area contributed by atoms with Crippen LogP contribution in [-0.4, -0.2) is 9.55 Å². The molecule has 2 heteroatoms. The molecule has 1 rings (SSSR count). The fourth-order valence-corrected chi connectivity index (χ4v) is 3.23. The van der Waals surface area contributed by atoms with E-state index in [1.54, 1.807) is 0 Å². The van der Waals surface area contributed by atoms with Crippen molar-refractivity contribution in [1.29, 1.82) is 0 Å². The number of aromatic nitrogens is 2. The normalized spacial score (nSPS) is 12.7. The standard InChI is InChI=1S/C20H38N2/c1-4-6-8-10-12-14-16-20(15-13-11-9-7-5-2)22-17-19(3)21-18-22/h17-18,20H,4-16H2,1-3H3. The first-order valence-corrected chi connectivity index (χ1v) is 9.78. The highest BCUT2D eigenvalue weighted by atomic mass is 15.1. The molecule has 0 aromatic carbocycles. The summed E-state index contributed by atoms with van der Waals surface area (Å²) in [6.07, 6.45) is 22.2. The SMILES string of the molecule is CCCCCCCCC(CCCCCCC)n1cnc(C)c1.